The van der Waals surface area contributed by atoms with Crippen LogP contribution >= 0.6 is 0 Å². The fraction of sp³-hybridized carbons (Fsp3) is 0.588. The standard InChI is InChI=1S/C17H26N2O/c1-13-7-9-15(10-8-13)17-14(2)5-4-12-19(17)16(20)6-3-11-18/h7-10,14,17H,3-6,11-12,18H2,1-2H3/t14-,17-/m0/s1. The molecule has 20 heavy (non-hydrogen) atoms. The monoisotopic (exact) mass is 274 g/mol. The Kier molecular flexibility index (Phi) is 5.18. The van der Waals surface area contributed by atoms with Gasteiger partial charge in [-0.05, 0) is 44.2 Å². The molecule has 1 aliphatic heterocycles. The zero-order chi connectivity index (χ0) is 14.5. The Morgan fingerprint density at radius 1 is 1.35 bits per heavy atom. The van der Waals surface area contributed by atoms with Gasteiger partial charge >= 0.3 is 0 Å². The molecule has 0 radical (unpaired) electrons. The Bertz CT molecular complexity index is 441. The van der Waals surface area contributed by atoms with E-state index in [0.717, 1.165) is 19.4 Å². The van der Waals surface area contributed by atoms with Crippen LogP contribution in [0.5, 0.6) is 0 Å². The number of hydrogen-bond donors (Lipinski definition) is 1. The van der Waals surface area contributed by atoms with E-state index < -0.39 is 0 Å². The van der Waals surface area contributed by atoms with E-state index in [4.69, 9.17) is 5.73 Å². The molecule has 2 rings (SSSR count). The maximum Gasteiger partial charge on any atom is 0.223 e. The van der Waals surface area contributed by atoms with E-state index in [-0.39, 0.29) is 11.9 Å². The number of hydrogen-bond acceptors (Lipinski definition) is 2. The Labute approximate surface area is 122 Å². The van der Waals surface area contributed by atoms with E-state index >= 15 is 0 Å². The third-order valence-corrected chi connectivity index (χ3v) is 4.27. The molecule has 0 spiro atoms. The molecule has 1 heterocycles. The average molecular weight is 274 g/mol. The molecule has 0 aromatic heterocycles. The van der Waals surface area contributed by atoms with Crippen LogP contribution in [0.1, 0.15) is 49.8 Å². The molecule has 2 N–H and O–H groups in total. The van der Waals surface area contributed by atoms with Gasteiger partial charge in [-0.1, -0.05) is 36.8 Å². The molecule has 2 atom stereocenters. The largest absolute Gasteiger partial charge is 0.335 e. The Balaban J connectivity index is 2.19. The highest BCUT2D eigenvalue weighted by Gasteiger charge is 2.32. The van der Waals surface area contributed by atoms with Crippen LogP contribution < -0.4 is 5.73 Å². The third kappa shape index (κ3) is 3.40. The van der Waals surface area contributed by atoms with Gasteiger partial charge in [0.1, 0.15) is 0 Å². The summed E-state index contributed by atoms with van der Waals surface area (Å²) in [6.07, 6.45) is 3.66. The first-order valence-corrected chi connectivity index (χ1v) is 7.69. The Hall–Kier alpha value is -1.35. The molecule has 1 aliphatic rings. The van der Waals surface area contributed by atoms with E-state index in [1.165, 1.54) is 17.5 Å². The van der Waals surface area contributed by atoms with Crippen LogP contribution in [0.4, 0.5) is 0 Å². The minimum Gasteiger partial charge on any atom is -0.335 e. The first-order chi connectivity index (χ1) is 9.63. The van der Waals surface area contributed by atoms with Crippen LogP contribution in [0.15, 0.2) is 24.3 Å². The second-order valence-electron chi connectivity index (χ2n) is 5.95. The lowest BCUT2D eigenvalue weighted by Crippen LogP contribution is -2.42. The number of carbonyl (C=O) groups excluding carboxylic acids is 1. The molecule has 0 saturated carbocycles. The van der Waals surface area contributed by atoms with Crippen LogP contribution in [-0.2, 0) is 4.79 Å². The smallest absolute Gasteiger partial charge is 0.223 e. The van der Waals surface area contributed by atoms with Crippen molar-refractivity contribution in [2.75, 3.05) is 13.1 Å². The van der Waals surface area contributed by atoms with Gasteiger partial charge in [0, 0.05) is 13.0 Å². The van der Waals surface area contributed by atoms with Crippen molar-refractivity contribution < 1.29 is 4.79 Å². The van der Waals surface area contributed by atoms with Crippen molar-refractivity contribution in [1.29, 1.82) is 0 Å². The summed E-state index contributed by atoms with van der Waals surface area (Å²) in [5.74, 6) is 0.779. The summed E-state index contributed by atoms with van der Waals surface area (Å²) in [5, 5.41) is 0. The molecule has 1 saturated heterocycles. The molecule has 0 aliphatic carbocycles. The van der Waals surface area contributed by atoms with Gasteiger partial charge in [0.05, 0.1) is 6.04 Å². The number of nitrogens with two attached hydrogens (primary N) is 1. The van der Waals surface area contributed by atoms with Crippen LogP contribution in [0.25, 0.3) is 0 Å². The number of carbonyl (C=O) groups is 1. The van der Waals surface area contributed by atoms with Gasteiger partial charge in [-0.25, -0.2) is 0 Å². The van der Waals surface area contributed by atoms with Crippen molar-refractivity contribution in [1.82, 2.24) is 4.90 Å². The second kappa shape index (κ2) is 6.89. The van der Waals surface area contributed by atoms with Crippen molar-refractivity contribution in [3.05, 3.63) is 35.4 Å². The quantitative estimate of drug-likeness (QED) is 0.917. The normalized spacial score (nSPS) is 22.9. The van der Waals surface area contributed by atoms with E-state index in [2.05, 4.69) is 43.0 Å². The van der Waals surface area contributed by atoms with Gasteiger partial charge in [-0.2, -0.15) is 0 Å². The first-order valence-electron chi connectivity index (χ1n) is 7.69. The van der Waals surface area contributed by atoms with Gasteiger partial charge in [0.15, 0.2) is 0 Å². The lowest BCUT2D eigenvalue weighted by molar-refractivity contribution is -0.136. The molecule has 110 valence electrons. The highest BCUT2D eigenvalue weighted by molar-refractivity contribution is 5.77. The van der Waals surface area contributed by atoms with Gasteiger partial charge in [0.2, 0.25) is 5.91 Å². The van der Waals surface area contributed by atoms with Crippen molar-refractivity contribution in [3.8, 4) is 0 Å². The summed E-state index contributed by atoms with van der Waals surface area (Å²) < 4.78 is 0. The fourth-order valence-electron chi connectivity index (χ4n) is 3.14. The summed E-state index contributed by atoms with van der Waals surface area (Å²) in [6.45, 7) is 5.82. The molecular formula is C17H26N2O. The zero-order valence-electron chi connectivity index (χ0n) is 12.6. The SMILES string of the molecule is Cc1ccc([C@@H]2[C@@H](C)CCCN2C(=O)CCCN)cc1. The number of aryl methyl sites for hydroxylation is 1. The predicted octanol–water partition coefficient (Wildman–Crippen LogP) is 3.03. The van der Waals surface area contributed by atoms with E-state index in [1.807, 2.05) is 0 Å². The summed E-state index contributed by atoms with van der Waals surface area (Å²) in [4.78, 5) is 14.5. The summed E-state index contributed by atoms with van der Waals surface area (Å²) in [7, 11) is 0. The number of piperidine rings is 1. The van der Waals surface area contributed by atoms with Crippen LogP contribution in [0, 0.1) is 12.8 Å². The number of nitrogens with zero attached hydrogens (tertiary/aromatic N) is 1. The summed E-state index contributed by atoms with van der Waals surface area (Å²) >= 11 is 0. The second-order valence-corrected chi connectivity index (χ2v) is 5.95. The Morgan fingerprint density at radius 3 is 2.70 bits per heavy atom. The van der Waals surface area contributed by atoms with Crippen LogP contribution in [0.3, 0.4) is 0 Å². The highest BCUT2D eigenvalue weighted by atomic mass is 16.2. The number of benzene rings is 1. The van der Waals surface area contributed by atoms with E-state index in [9.17, 15) is 4.79 Å². The van der Waals surface area contributed by atoms with Crippen LogP contribution in [0.2, 0.25) is 0 Å². The predicted molar refractivity (Wildman–Crippen MR) is 82.3 cm³/mol. The summed E-state index contributed by atoms with van der Waals surface area (Å²) in [5.41, 5.74) is 8.06. The van der Waals surface area contributed by atoms with E-state index in [0.29, 0.717) is 18.9 Å². The lowest BCUT2D eigenvalue weighted by atomic mass is 9.85. The Morgan fingerprint density at radius 2 is 2.05 bits per heavy atom. The average Bonchev–Trinajstić information content (AvgIpc) is 2.45. The molecule has 0 unspecified atom stereocenters. The molecule has 1 fully saturated rings. The van der Waals surface area contributed by atoms with Gasteiger partial charge in [-0.15, -0.1) is 0 Å². The number of amides is 1. The minimum absolute atomic E-state index is 0.231. The molecule has 0 bridgehead atoms. The van der Waals surface area contributed by atoms with Crippen molar-refractivity contribution in [2.24, 2.45) is 11.7 Å². The number of likely N-dealkylation sites (tertiary alicyclic amines) is 1. The summed E-state index contributed by atoms with van der Waals surface area (Å²) in [6, 6.07) is 8.85. The number of rotatable bonds is 4. The lowest BCUT2D eigenvalue weighted by Gasteiger charge is -2.40. The van der Waals surface area contributed by atoms with Gasteiger partial charge < -0.3 is 10.6 Å². The molecule has 1 aromatic rings. The topological polar surface area (TPSA) is 46.3 Å². The van der Waals surface area contributed by atoms with Gasteiger partial charge in [-0.3, -0.25) is 4.79 Å². The van der Waals surface area contributed by atoms with E-state index in [1.54, 1.807) is 0 Å². The van der Waals surface area contributed by atoms with Crippen LogP contribution in [-0.4, -0.2) is 23.9 Å². The first kappa shape index (κ1) is 15.0. The molecule has 3 nitrogen and oxygen atoms in total. The van der Waals surface area contributed by atoms with Crippen molar-refractivity contribution in [3.63, 3.8) is 0 Å². The zero-order valence-corrected chi connectivity index (χ0v) is 12.6. The minimum atomic E-state index is 0.231. The van der Waals surface area contributed by atoms with Crippen molar-refractivity contribution in [2.45, 2.75) is 45.6 Å². The maximum atomic E-state index is 12.4. The van der Waals surface area contributed by atoms with Gasteiger partial charge in [0.25, 0.3) is 0 Å². The molecular weight excluding hydrogens is 248 g/mol. The molecule has 1 amide bonds. The fourth-order valence-corrected chi connectivity index (χ4v) is 3.14. The van der Waals surface area contributed by atoms with Crippen molar-refractivity contribution >= 4 is 5.91 Å². The molecule has 3 heteroatoms. The molecule has 1 aromatic carbocycles. The third-order valence-electron chi connectivity index (χ3n) is 4.27. The highest BCUT2D eigenvalue weighted by Crippen LogP contribution is 2.36. The maximum absolute atomic E-state index is 12.4.